The first kappa shape index (κ1) is 22.9. The van der Waals surface area contributed by atoms with Crippen LogP contribution in [0.15, 0.2) is 0 Å². The summed E-state index contributed by atoms with van der Waals surface area (Å²) in [6, 6.07) is -0.0620. The van der Waals surface area contributed by atoms with Crippen molar-refractivity contribution in [2.75, 3.05) is 18.6 Å². The number of hydrazine groups is 1. The third kappa shape index (κ3) is 4.06. The number of nitrogens with two attached hydrogens (primary N) is 1. The Labute approximate surface area is 178 Å². The van der Waals surface area contributed by atoms with E-state index in [1.54, 1.807) is 0 Å². The molecule has 0 aromatic heterocycles. The summed E-state index contributed by atoms with van der Waals surface area (Å²) in [7, 11) is 2.15. The first-order chi connectivity index (χ1) is 12.6. The standard InChI is InChI=1S/C19H38FI2N4O/c1-11-9-18(4,15(20)8-14(11)23)27-17-16(26(7)25-10-24-17)22(21-6)19(5)12(2)13(19)3/h11-17,24-25H,8-10,23H2,1-7H3/q-1/t11-,12+,13+,14?,15?,16+,17?,18-/m1/s1. The van der Waals surface area contributed by atoms with Crippen molar-refractivity contribution < 1.29 is 26.4 Å². The Morgan fingerprint density at radius 2 is 1.89 bits per heavy atom. The molecule has 8 atom stereocenters. The molecule has 3 fully saturated rings. The van der Waals surface area contributed by atoms with Gasteiger partial charge >= 0.3 is 179 Å². The summed E-state index contributed by atoms with van der Waals surface area (Å²) in [4.78, 5) is 2.45. The molecule has 1 saturated heterocycles. The predicted molar refractivity (Wildman–Crippen MR) is 114 cm³/mol. The van der Waals surface area contributed by atoms with Crippen molar-refractivity contribution in [2.24, 2.45) is 23.5 Å². The Hall–Kier alpha value is 1.19. The number of halogens is 3. The van der Waals surface area contributed by atoms with E-state index in [2.05, 4.69) is 55.4 Å². The van der Waals surface area contributed by atoms with Gasteiger partial charge in [0, 0.05) is 0 Å². The maximum atomic E-state index is 15.0. The second kappa shape index (κ2) is 8.37. The van der Waals surface area contributed by atoms with E-state index in [9.17, 15) is 0 Å². The number of ether oxygens (including phenoxy) is 1. The first-order valence-electron chi connectivity index (χ1n) is 10.0. The van der Waals surface area contributed by atoms with Crippen molar-refractivity contribution in [1.29, 1.82) is 0 Å². The third-order valence-electron chi connectivity index (χ3n) is 7.41. The molecule has 0 aromatic rings. The number of likely N-dealkylation sites (N-methyl/N-ethyl adjacent to an activating group) is 1. The average Bonchev–Trinajstić information content (AvgIpc) is 3.08. The van der Waals surface area contributed by atoms with Gasteiger partial charge in [0.15, 0.2) is 0 Å². The van der Waals surface area contributed by atoms with Gasteiger partial charge in [-0.2, -0.15) is 0 Å². The van der Waals surface area contributed by atoms with Gasteiger partial charge in [0.05, 0.1) is 0 Å². The van der Waals surface area contributed by atoms with Crippen LogP contribution in [0.25, 0.3) is 0 Å². The number of hydrogen-bond donors (Lipinski definition) is 3. The molecular formula is C19H38FI2N4O-. The normalized spacial score (nSPS) is 52.0. The summed E-state index contributed by atoms with van der Waals surface area (Å²) in [5.41, 5.74) is 8.84. The average molecular weight is 611 g/mol. The zero-order valence-corrected chi connectivity index (χ0v) is 22.0. The molecule has 3 rings (SSSR count). The van der Waals surface area contributed by atoms with Gasteiger partial charge in [-0.05, 0) is 0 Å². The number of nitrogens with one attached hydrogen (secondary N) is 2. The number of nitrogens with zero attached hydrogens (tertiary/aromatic N) is 1. The van der Waals surface area contributed by atoms with Crippen LogP contribution in [-0.2, 0) is 4.74 Å². The van der Waals surface area contributed by atoms with Gasteiger partial charge < -0.3 is 0 Å². The minimum absolute atomic E-state index is 0.0620. The molecule has 5 nitrogen and oxygen atoms in total. The molecule has 2 saturated carbocycles. The van der Waals surface area contributed by atoms with Gasteiger partial charge in [-0.3, -0.25) is 0 Å². The van der Waals surface area contributed by atoms with E-state index in [1.807, 2.05) is 6.92 Å². The molecule has 3 unspecified atom stereocenters. The second-order valence-electron chi connectivity index (χ2n) is 9.06. The quantitative estimate of drug-likeness (QED) is 0.227. The Kier molecular flexibility index (Phi) is 7.09. The predicted octanol–water partition coefficient (Wildman–Crippen LogP) is -0.309. The van der Waals surface area contributed by atoms with Crippen LogP contribution in [0.1, 0.15) is 47.5 Å². The van der Waals surface area contributed by atoms with Crippen molar-refractivity contribution in [3.05, 3.63) is 0 Å². The molecule has 162 valence electrons. The summed E-state index contributed by atoms with van der Waals surface area (Å²) in [6.45, 7) is 12.1. The molecule has 0 aromatic carbocycles. The maximum absolute atomic E-state index is 15.0. The van der Waals surface area contributed by atoms with Gasteiger partial charge in [0.25, 0.3) is 0 Å². The molecule has 0 amide bonds. The van der Waals surface area contributed by atoms with Crippen LogP contribution >= 0.6 is 15.8 Å². The SMILES string of the molecule is C[I-]I([C@@H]1C(O[C@]2(C)C[C@@H](C)C(N)CC2F)NCNN1C)C1(C)[C@@H](C)[C@@H]1C. The van der Waals surface area contributed by atoms with E-state index in [-0.39, 0.29) is 35.4 Å². The molecular weight excluding hydrogens is 573 g/mol. The van der Waals surface area contributed by atoms with Gasteiger partial charge in [-0.15, -0.1) is 0 Å². The summed E-state index contributed by atoms with van der Waals surface area (Å²) < 4.78 is 22.6. The molecule has 1 heterocycles. The summed E-state index contributed by atoms with van der Waals surface area (Å²) in [5, 5.41) is 5.85. The van der Waals surface area contributed by atoms with Crippen LogP contribution in [0.5, 0.6) is 0 Å². The fraction of sp³-hybridized carbons (Fsp3) is 1.00. The monoisotopic (exact) mass is 611 g/mol. The molecule has 2 aliphatic carbocycles. The zero-order valence-electron chi connectivity index (χ0n) is 17.7. The fourth-order valence-corrected chi connectivity index (χ4v) is 30.1. The topological polar surface area (TPSA) is 62.6 Å². The van der Waals surface area contributed by atoms with Crippen molar-refractivity contribution >= 4 is 15.8 Å². The van der Waals surface area contributed by atoms with E-state index in [0.29, 0.717) is 27.0 Å². The molecule has 0 bridgehead atoms. The number of alkyl halides is 4. The molecule has 4 N–H and O–H groups in total. The van der Waals surface area contributed by atoms with Crippen LogP contribution in [0.2, 0.25) is 0 Å². The minimum atomic E-state index is -1.33. The summed E-state index contributed by atoms with van der Waals surface area (Å²) >= 11 is -1.18. The first-order valence-corrected chi connectivity index (χ1v) is 20.8. The Morgan fingerprint density at radius 3 is 2.44 bits per heavy atom. The van der Waals surface area contributed by atoms with Crippen LogP contribution in [-0.4, -0.2) is 55.2 Å². The van der Waals surface area contributed by atoms with Crippen molar-refractivity contribution in [3.63, 3.8) is 0 Å². The van der Waals surface area contributed by atoms with E-state index in [4.69, 9.17) is 10.5 Å². The molecule has 3 aliphatic rings. The molecule has 8 heteroatoms. The Morgan fingerprint density at radius 1 is 1.26 bits per heavy atom. The molecule has 0 radical (unpaired) electrons. The fourth-order valence-electron chi connectivity index (χ4n) is 4.78. The van der Waals surface area contributed by atoms with Gasteiger partial charge in [0.2, 0.25) is 0 Å². The third-order valence-corrected chi connectivity index (χ3v) is 30.1. The zero-order chi connectivity index (χ0) is 20.1. The van der Waals surface area contributed by atoms with Crippen LogP contribution < -0.4 is 33.7 Å². The summed E-state index contributed by atoms with van der Waals surface area (Å²) in [5.74, 6) is 1.89. The number of hydrogen-bond acceptors (Lipinski definition) is 5. The van der Waals surface area contributed by atoms with Gasteiger partial charge in [-0.25, -0.2) is 0 Å². The van der Waals surface area contributed by atoms with Gasteiger partial charge in [-0.1, -0.05) is 0 Å². The van der Waals surface area contributed by atoms with E-state index in [0.717, 1.165) is 11.8 Å². The molecule has 27 heavy (non-hydrogen) atoms. The molecule has 1 aliphatic heterocycles. The van der Waals surface area contributed by atoms with Gasteiger partial charge in [0.1, 0.15) is 0 Å². The van der Waals surface area contributed by atoms with E-state index < -0.39 is 27.6 Å². The van der Waals surface area contributed by atoms with Crippen molar-refractivity contribution in [2.45, 2.75) is 79.0 Å². The van der Waals surface area contributed by atoms with E-state index >= 15 is 4.39 Å². The van der Waals surface area contributed by atoms with E-state index in [1.165, 1.54) is 0 Å². The van der Waals surface area contributed by atoms with Crippen LogP contribution in [0.4, 0.5) is 4.39 Å². The molecule has 0 spiro atoms. The van der Waals surface area contributed by atoms with Crippen molar-refractivity contribution in [3.8, 4) is 0 Å². The van der Waals surface area contributed by atoms with Crippen LogP contribution in [0, 0.1) is 17.8 Å². The Bertz CT molecular complexity index is 536. The summed E-state index contributed by atoms with van der Waals surface area (Å²) in [6.07, 6.45) is -0.00334. The number of rotatable bonds is 5. The van der Waals surface area contributed by atoms with Crippen LogP contribution in [0.3, 0.4) is 0 Å². The second-order valence-corrected chi connectivity index (χ2v) is 26.3. The Balaban J connectivity index is 1.82. The van der Waals surface area contributed by atoms with Crippen molar-refractivity contribution in [1.82, 2.24) is 15.8 Å².